The third-order valence-corrected chi connectivity index (χ3v) is 3.89. The molecule has 27 heavy (non-hydrogen) atoms. The molecule has 1 fully saturated rings. The summed E-state index contributed by atoms with van der Waals surface area (Å²) in [5, 5.41) is 30.0. The molecule has 0 aliphatic carbocycles. The molecule has 10 nitrogen and oxygen atoms in total. The molecule has 0 radical (unpaired) electrons. The summed E-state index contributed by atoms with van der Waals surface area (Å²) in [6, 6.07) is 1.70. The van der Waals surface area contributed by atoms with Gasteiger partial charge in [0, 0.05) is 32.0 Å². The minimum atomic E-state index is -1.49. The molecule has 1 aromatic carbocycles. The topological polar surface area (TPSA) is 139 Å². The number of nitro benzene ring substituents is 1. The van der Waals surface area contributed by atoms with E-state index in [0.29, 0.717) is 25.9 Å². The predicted octanol–water partition coefficient (Wildman–Crippen LogP) is 2.78. The highest BCUT2D eigenvalue weighted by atomic mass is 16.6. The Kier molecular flexibility index (Phi) is 5.77. The zero-order chi connectivity index (χ0) is 20.4. The summed E-state index contributed by atoms with van der Waals surface area (Å²) < 4.78 is 10.9. The summed E-state index contributed by atoms with van der Waals surface area (Å²) in [5.74, 6) is -2.15. The minimum absolute atomic E-state index is 0.145. The summed E-state index contributed by atoms with van der Waals surface area (Å²) in [6.07, 6.45) is 0.0841. The van der Waals surface area contributed by atoms with Crippen molar-refractivity contribution in [2.75, 3.05) is 13.1 Å². The monoisotopic (exact) mass is 382 g/mol. The number of rotatable bonds is 4. The van der Waals surface area contributed by atoms with E-state index in [-0.39, 0.29) is 11.9 Å². The summed E-state index contributed by atoms with van der Waals surface area (Å²) in [7, 11) is 0. The fourth-order valence-corrected chi connectivity index (χ4v) is 2.64. The highest BCUT2D eigenvalue weighted by molar-refractivity contribution is 5.93. The van der Waals surface area contributed by atoms with Crippen molar-refractivity contribution in [1.29, 1.82) is 0 Å². The molecule has 1 heterocycles. The molecule has 0 aromatic heterocycles. The summed E-state index contributed by atoms with van der Waals surface area (Å²) >= 11 is 0. The van der Waals surface area contributed by atoms with Crippen LogP contribution < -0.4 is 4.74 Å². The van der Waals surface area contributed by atoms with E-state index in [0.717, 1.165) is 12.1 Å². The van der Waals surface area contributed by atoms with Crippen molar-refractivity contribution in [3.63, 3.8) is 0 Å². The molecule has 0 spiro atoms. The van der Waals surface area contributed by atoms with Gasteiger partial charge in [0.1, 0.15) is 17.3 Å². The highest BCUT2D eigenvalue weighted by Crippen LogP contribution is 2.35. The number of nitro groups is 1. The van der Waals surface area contributed by atoms with Crippen LogP contribution in [0.4, 0.5) is 10.5 Å². The van der Waals surface area contributed by atoms with Crippen LogP contribution in [-0.2, 0) is 4.74 Å². The number of aromatic hydroxyl groups is 1. The molecule has 1 aromatic rings. The predicted molar refractivity (Wildman–Crippen MR) is 93.2 cm³/mol. The fraction of sp³-hybridized carbons (Fsp3) is 0.529. The molecule has 2 N–H and O–H groups in total. The van der Waals surface area contributed by atoms with Crippen molar-refractivity contribution in [2.24, 2.45) is 0 Å². The van der Waals surface area contributed by atoms with Crippen molar-refractivity contribution in [1.82, 2.24) is 4.90 Å². The maximum Gasteiger partial charge on any atom is 0.410 e. The van der Waals surface area contributed by atoms with E-state index in [1.165, 1.54) is 0 Å². The van der Waals surface area contributed by atoms with Crippen LogP contribution >= 0.6 is 0 Å². The number of hydrogen-bond acceptors (Lipinski definition) is 7. The van der Waals surface area contributed by atoms with E-state index in [2.05, 4.69) is 0 Å². The van der Waals surface area contributed by atoms with Crippen LogP contribution in [0.2, 0.25) is 0 Å². The average Bonchev–Trinajstić information content (AvgIpc) is 2.55. The second-order valence-electron chi connectivity index (χ2n) is 7.18. The van der Waals surface area contributed by atoms with E-state index in [1.807, 2.05) is 0 Å². The lowest BCUT2D eigenvalue weighted by Gasteiger charge is -2.33. The Bertz CT molecular complexity index is 748. The number of piperidine rings is 1. The zero-order valence-electron chi connectivity index (χ0n) is 15.3. The molecule has 0 atom stereocenters. The van der Waals surface area contributed by atoms with Gasteiger partial charge in [0.05, 0.1) is 11.0 Å². The van der Waals surface area contributed by atoms with Crippen molar-refractivity contribution >= 4 is 17.7 Å². The third kappa shape index (κ3) is 5.22. The number of ether oxygens (including phenoxy) is 2. The number of benzene rings is 1. The Morgan fingerprint density at radius 3 is 2.33 bits per heavy atom. The van der Waals surface area contributed by atoms with Gasteiger partial charge in [-0.05, 0) is 20.8 Å². The van der Waals surface area contributed by atoms with Crippen LogP contribution in [0, 0.1) is 10.1 Å². The number of carboxylic acids is 1. The Labute approximate surface area is 155 Å². The first-order chi connectivity index (χ1) is 12.5. The van der Waals surface area contributed by atoms with Crippen LogP contribution in [0.1, 0.15) is 44.0 Å². The Morgan fingerprint density at radius 1 is 1.26 bits per heavy atom. The molecule has 1 saturated heterocycles. The largest absolute Gasteiger partial charge is 0.504 e. The van der Waals surface area contributed by atoms with Crippen LogP contribution in [0.25, 0.3) is 0 Å². The number of phenolic OH excluding ortho intramolecular Hbond substituents is 1. The van der Waals surface area contributed by atoms with Gasteiger partial charge >= 0.3 is 12.1 Å². The van der Waals surface area contributed by atoms with Gasteiger partial charge < -0.3 is 24.6 Å². The zero-order valence-corrected chi connectivity index (χ0v) is 15.3. The number of carboxylic acid groups (broad SMARTS) is 1. The highest BCUT2D eigenvalue weighted by Gasteiger charge is 2.29. The van der Waals surface area contributed by atoms with Gasteiger partial charge in [-0.3, -0.25) is 10.1 Å². The molecule has 1 aliphatic heterocycles. The van der Waals surface area contributed by atoms with E-state index >= 15 is 0 Å². The molecule has 1 amide bonds. The first kappa shape index (κ1) is 20.3. The maximum absolute atomic E-state index is 12.0. The lowest BCUT2D eigenvalue weighted by molar-refractivity contribution is -0.385. The van der Waals surface area contributed by atoms with E-state index in [4.69, 9.17) is 14.6 Å². The molecule has 148 valence electrons. The van der Waals surface area contributed by atoms with Gasteiger partial charge in [0.25, 0.3) is 5.69 Å². The molecular formula is C17H22N2O8. The van der Waals surface area contributed by atoms with E-state index in [1.54, 1.807) is 25.7 Å². The van der Waals surface area contributed by atoms with Crippen LogP contribution in [0.15, 0.2) is 12.1 Å². The third-order valence-electron chi connectivity index (χ3n) is 3.89. The molecular weight excluding hydrogens is 360 g/mol. The smallest absolute Gasteiger partial charge is 0.410 e. The normalized spacial score (nSPS) is 15.3. The molecule has 1 aliphatic rings. The second kappa shape index (κ2) is 7.68. The van der Waals surface area contributed by atoms with Crippen molar-refractivity contribution < 1.29 is 34.2 Å². The van der Waals surface area contributed by atoms with Gasteiger partial charge in [-0.15, -0.1) is 0 Å². The van der Waals surface area contributed by atoms with Crippen LogP contribution in [-0.4, -0.2) is 56.9 Å². The molecule has 0 bridgehead atoms. The van der Waals surface area contributed by atoms with Gasteiger partial charge in [-0.1, -0.05) is 0 Å². The van der Waals surface area contributed by atoms with Crippen molar-refractivity contribution in [2.45, 2.75) is 45.3 Å². The second-order valence-corrected chi connectivity index (χ2v) is 7.18. The summed E-state index contributed by atoms with van der Waals surface area (Å²) in [6.45, 7) is 6.08. The summed E-state index contributed by atoms with van der Waals surface area (Å²) in [5.41, 5.74) is -1.88. The fourth-order valence-electron chi connectivity index (χ4n) is 2.64. The lowest BCUT2D eigenvalue weighted by atomic mass is 10.1. The standard InChI is InChI=1S/C17H22N2O8/c1-17(2,3)27-16(23)18-6-4-10(5-7-18)26-14-8-11(15(21)22)12(19(24)25)9-13(14)20/h8-10,20H,4-7H2,1-3H3,(H,21,22). The number of nitrogens with zero attached hydrogens (tertiary/aromatic N) is 2. The Balaban J connectivity index is 2.05. The van der Waals surface area contributed by atoms with Gasteiger partial charge in [-0.2, -0.15) is 0 Å². The number of phenols is 1. The number of amides is 1. The van der Waals surface area contributed by atoms with Crippen LogP contribution in [0.5, 0.6) is 11.5 Å². The van der Waals surface area contributed by atoms with Crippen LogP contribution in [0.3, 0.4) is 0 Å². The molecule has 10 heteroatoms. The Hall–Kier alpha value is -3.04. The summed E-state index contributed by atoms with van der Waals surface area (Å²) in [4.78, 5) is 34.8. The molecule has 0 unspecified atom stereocenters. The number of likely N-dealkylation sites (tertiary alicyclic amines) is 1. The lowest BCUT2D eigenvalue weighted by Crippen LogP contribution is -2.44. The van der Waals surface area contributed by atoms with E-state index < -0.39 is 39.6 Å². The van der Waals surface area contributed by atoms with Gasteiger partial charge in [-0.25, -0.2) is 9.59 Å². The number of carbonyl (C=O) groups excluding carboxylic acids is 1. The first-order valence-corrected chi connectivity index (χ1v) is 8.37. The van der Waals surface area contributed by atoms with Gasteiger partial charge in [0.2, 0.25) is 0 Å². The van der Waals surface area contributed by atoms with Gasteiger partial charge in [0.15, 0.2) is 11.5 Å². The quantitative estimate of drug-likeness (QED) is 0.598. The molecule has 2 rings (SSSR count). The number of carbonyl (C=O) groups is 2. The van der Waals surface area contributed by atoms with Crippen molar-refractivity contribution in [3.8, 4) is 11.5 Å². The average molecular weight is 382 g/mol. The maximum atomic E-state index is 12.0. The van der Waals surface area contributed by atoms with Crippen molar-refractivity contribution in [3.05, 3.63) is 27.8 Å². The van der Waals surface area contributed by atoms with E-state index in [9.17, 15) is 24.8 Å². The first-order valence-electron chi connectivity index (χ1n) is 8.37. The minimum Gasteiger partial charge on any atom is -0.504 e. The SMILES string of the molecule is CC(C)(C)OC(=O)N1CCC(Oc2cc(C(=O)O)c([N+](=O)[O-])cc2O)CC1. The Morgan fingerprint density at radius 2 is 1.85 bits per heavy atom. The molecule has 0 saturated carbocycles. The number of aromatic carboxylic acids is 1. The number of hydrogen-bond donors (Lipinski definition) is 2.